The maximum atomic E-state index is 5.87. The van der Waals surface area contributed by atoms with Crippen molar-refractivity contribution in [2.45, 2.75) is 25.8 Å². The van der Waals surface area contributed by atoms with Crippen molar-refractivity contribution in [2.24, 2.45) is 0 Å². The van der Waals surface area contributed by atoms with E-state index in [-0.39, 0.29) is 5.38 Å². The number of H-pyrrole nitrogens is 1. The first-order chi connectivity index (χ1) is 7.16. The number of nitrogens with zero attached hydrogens (tertiary/aromatic N) is 4. The van der Waals surface area contributed by atoms with Gasteiger partial charge in [0.05, 0.1) is 11.9 Å². The summed E-state index contributed by atoms with van der Waals surface area (Å²) in [6, 6.07) is 0. The fraction of sp³-hybridized carbons (Fsp3) is 0.444. The standard InChI is InChI=1S/C9H12ClN5/c1-6(10)9-12-8(13-14-9)5-15-4-3-11-7(15)2/h3-4,6H,5H2,1-2H3,(H,12,13,14). The molecule has 0 saturated heterocycles. The third kappa shape index (κ3) is 2.18. The molecule has 80 valence electrons. The molecule has 0 saturated carbocycles. The van der Waals surface area contributed by atoms with Gasteiger partial charge in [0, 0.05) is 12.4 Å². The molecule has 2 rings (SSSR count). The number of rotatable bonds is 3. The van der Waals surface area contributed by atoms with Crippen LogP contribution in [-0.2, 0) is 6.54 Å². The Hall–Kier alpha value is -1.36. The van der Waals surface area contributed by atoms with Crippen molar-refractivity contribution in [3.8, 4) is 0 Å². The highest BCUT2D eigenvalue weighted by molar-refractivity contribution is 6.20. The van der Waals surface area contributed by atoms with Gasteiger partial charge in [0.25, 0.3) is 0 Å². The normalized spacial score (nSPS) is 13.0. The van der Waals surface area contributed by atoms with Gasteiger partial charge in [0.1, 0.15) is 11.6 Å². The second kappa shape index (κ2) is 4.02. The van der Waals surface area contributed by atoms with Crippen molar-refractivity contribution in [3.05, 3.63) is 29.9 Å². The van der Waals surface area contributed by atoms with Crippen molar-refractivity contribution in [1.29, 1.82) is 0 Å². The molecule has 1 N–H and O–H groups in total. The third-order valence-corrected chi connectivity index (χ3v) is 2.34. The van der Waals surface area contributed by atoms with Crippen molar-refractivity contribution in [3.63, 3.8) is 0 Å². The minimum absolute atomic E-state index is 0.168. The van der Waals surface area contributed by atoms with Crippen molar-refractivity contribution >= 4 is 11.6 Å². The summed E-state index contributed by atoms with van der Waals surface area (Å²) in [5.41, 5.74) is 0. The van der Waals surface area contributed by atoms with Gasteiger partial charge in [0.15, 0.2) is 5.82 Å². The topological polar surface area (TPSA) is 59.4 Å². The van der Waals surface area contributed by atoms with Gasteiger partial charge in [-0.25, -0.2) is 9.97 Å². The zero-order valence-corrected chi connectivity index (χ0v) is 9.36. The average Bonchev–Trinajstić information content (AvgIpc) is 2.77. The highest BCUT2D eigenvalue weighted by atomic mass is 35.5. The fourth-order valence-corrected chi connectivity index (χ4v) is 1.39. The van der Waals surface area contributed by atoms with Crippen LogP contribution >= 0.6 is 11.6 Å². The highest BCUT2D eigenvalue weighted by Crippen LogP contribution is 2.14. The number of aromatic nitrogens is 5. The first-order valence-corrected chi connectivity index (χ1v) is 5.13. The van der Waals surface area contributed by atoms with E-state index in [9.17, 15) is 0 Å². The molecule has 2 heterocycles. The molecule has 5 nitrogen and oxygen atoms in total. The molecule has 0 aliphatic rings. The monoisotopic (exact) mass is 225 g/mol. The SMILES string of the molecule is Cc1nccn1Cc1nc(C(C)Cl)n[nH]1. The van der Waals surface area contributed by atoms with E-state index in [1.54, 1.807) is 6.20 Å². The lowest BCUT2D eigenvalue weighted by Gasteiger charge is -2.00. The van der Waals surface area contributed by atoms with E-state index >= 15 is 0 Å². The number of aromatic amines is 1. The number of hydrogen-bond acceptors (Lipinski definition) is 3. The first kappa shape index (κ1) is 10.2. The molecule has 0 amide bonds. The Kier molecular flexibility index (Phi) is 2.73. The van der Waals surface area contributed by atoms with Gasteiger partial charge >= 0.3 is 0 Å². The van der Waals surface area contributed by atoms with Crippen molar-refractivity contribution in [2.75, 3.05) is 0 Å². The highest BCUT2D eigenvalue weighted by Gasteiger charge is 2.09. The van der Waals surface area contributed by atoms with Crippen LogP contribution in [0.25, 0.3) is 0 Å². The average molecular weight is 226 g/mol. The Balaban J connectivity index is 2.15. The molecule has 2 aromatic rings. The van der Waals surface area contributed by atoms with Gasteiger partial charge in [-0.15, -0.1) is 11.6 Å². The number of nitrogens with one attached hydrogen (secondary N) is 1. The Morgan fingerprint density at radius 2 is 2.40 bits per heavy atom. The van der Waals surface area contributed by atoms with Crippen LogP contribution in [-0.4, -0.2) is 24.7 Å². The molecule has 0 aliphatic heterocycles. The summed E-state index contributed by atoms with van der Waals surface area (Å²) in [6.07, 6.45) is 3.67. The lowest BCUT2D eigenvalue weighted by Crippen LogP contribution is -2.02. The maximum Gasteiger partial charge on any atom is 0.168 e. The summed E-state index contributed by atoms with van der Waals surface area (Å²) in [7, 11) is 0. The molecule has 0 fully saturated rings. The molecule has 1 unspecified atom stereocenters. The molecule has 0 bridgehead atoms. The van der Waals surface area contributed by atoms with Crippen molar-refractivity contribution < 1.29 is 0 Å². The zero-order valence-electron chi connectivity index (χ0n) is 8.61. The summed E-state index contributed by atoms with van der Waals surface area (Å²) in [5, 5.41) is 6.71. The minimum atomic E-state index is -0.168. The van der Waals surface area contributed by atoms with E-state index in [4.69, 9.17) is 11.6 Å². The number of imidazole rings is 1. The molecule has 6 heteroatoms. The molecular formula is C9H12ClN5. The molecule has 1 atom stereocenters. The molecule has 0 aromatic carbocycles. The lowest BCUT2D eigenvalue weighted by atomic mass is 10.4. The molecule has 0 spiro atoms. The van der Waals surface area contributed by atoms with E-state index in [1.165, 1.54) is 0 Å². The minimum Gasteiger partial charge on any atom is -0.328 e. The van der Waals surface area contributed by atoms with Gasteiger partial charge in [-0.2, -0.15) is 5.10 Å². The van der Waals surface area contributed by atoms with Crippen LogP contribution < -0.4 is 0 Å². The van der Waals surface area contributed by atoms with Crippen LogP contribution in [0.4, 0.5) is 0 Å². The van der Waals surface area contributed by atoms with Crippen LogP contribution in [0.1, 0.15) is 29.8 Å². The zero-order chi connectivity index (χ0) is 10.8. The predicted octanol–water partition coefficient (Wildman–Crippen LogP) is 1.66. The van der Waals surface area contributed by atoms with Crippen LogP contribution in [0.3, 0.4) is 0 Å². The van der Waals surface area contributed by atoms with Crippen LogP contribution in [0.15, 0.2) is 12.4 Å². The summed E-state index contributed by atoms with van der Waals surface area (Å²) < 4.78 is 1.99. The molecular weight excluding hydrogens is 214 g/mol. The molecule has 0 radical (unpaired) electrons. The quantitative estimate of drug-likeness (QED) is 0.809. The third-order valence-electron chi connectivity index (χ3n) is 2.15. The predicted molar refractivity (Wildman–Crippen MR) is 56.7 cm³/mol. The fourth-order valence-electron chi connectivity index (χ4n) is 1.29. The van der Waals surface area contributed by atoms with Crippen LogP contribution in [0, 0.1) is 6.92 Å². The van der Waals surface area contributed by atoms with Crippen LogP contribution in [0.5, 0.6) is 0 Å². The van der Waals surface area contributed by atoms with E-state index in [1.807, 2.05) is 24.6 Å². The van der Waals surface area contributed by atoms with Crippen molar-refractivity contribution in [1.82, 2.24) is 24.7 Å². The van der Waals surface area contributed by atoms with E-state index in [0.29, 0.717) is 12.4 Å². The largest absolute Gasteiger partial charge is 0.328 e. The summed E-state index contributed by atoms with van der Waals surface area (Å²) in [6.45, 7) is 4.43. The Morgan fingerprint density at radius 1 is 1.60 bits per heavy atom. The van der Waals surface area contributed by atoms with E-state index < -0.39 is 0 Å². The Morgan fingerprint density at radius 3 is 2.93 bits per heavy atom. The Bertz CT molecular complexity index is 445. The number of alkyl halides is 1. The lowest BCUT2D eigenvalue weighted by molar-refractivity contribution is 0.720. The van der Waals surface area contributed by atoms with Gasteiger partial charge in [0.2, 0.25) is 0 Å². The summed E-state index contributed by atoms with van der Waals surface area (Å²) >= 11 is 5.87. The van der Waals surface area contributed by atoms with Crippen LogP contribution in [0.2, 0.25) is 0 Å². The van der Waals surface area contributed by atoms with E-state index in [2.05, 4.69) is 20.2 Å². The molecule has 15 heavy (non-hydrogen) atoms. The smallest absolute Gasteiger partial charge is 0.168 e. The van der Waals surface area contributed by atoms with E-state index in [0.717, 1.165) is 11.6 Å². The van der Waals surface area contributed by atoms with Gasteiger partial charge < -0.3 is 4.57 Å². The second-order valence-electron chi connectivity index (χ2n) is 3.36. The van der Waals surface area contributed by atoms with Gasteiger partial charge in [-0.1, -0.05) is 0 Å². The maximum absolute atomic E-state index is 5.87. The summed E-state index contributed by atoms with van der Waals surface area (Å²) in [4.78, 5) is 8.41. The number of halogens is 1. The summed E-state index contributed by atoms with van der Waals surface area (Å²) in [5.74, 6) is 2.37. The number of aryl methyl sites for hydroxylation is 1. The first-order valence-electron chi connectivity index (χ1n) is 4.70. The van der Waals surface area contributed by atoms with Gasteiger partial charge in [-0.05, 0) is 13.8 Å². The second-order valence-corrected chi connectivity index (χ2v) is 4.01. The number of hydrogen-bond donors (Lipinski definition) is 1. The Labute approximate surface area is 92.5 Å². The molecule has 0 aliphatic carbocycles. The molecule has 2 aromatic heterocycles. The van der Waals surface area contributed by atoms with Gasteiger partial charge in [-0.3, -0.25) is 5.10 Å².